The number of pyridine rings is 1. The molecule has 1 aromatic rings. The number of nitrogens with zero attached hydrogens (tertiary/aromatic N) is 2. The van der Waals surface area contributed by atoms with Gasteiger partial charge in [-0.25, -0.2) is 4.98 Å². The van der Waals surface area contributed by atoms with Gasteiger partial charge in [0.25, 0.3) is 0 Å². The fourth-order valence-corrected chi connectivity index (χ4v) is 4.19. The average Bonchev–Trinajstić information content (AvgIpc) is 3.24. The third-order valence-electron chi connectivity index (χ3n) is 5.55. The summed E-state index contributed by atoms with van der Waals surface area (Å²) in [6, 6.07) is 5.08. The molecule has 3 nitrogen and oxygen atoms in total. The monoisotopic (exact) mass is 285 g/mol. The van der Waals surface area contributed by atoms with Crippen LogP contribution in [0.3, 0.4) is 0 Å². The fraction of sp³-hybridized carbons (Fsp3) is 0.722. The van der Waals surface area contributed by atoms with Crippen LogP contribution in [0.1, 0.15) is 51.4 Å². The van der Waals surface area contributed by atoms with Gasteiger partial charge in [0.05, 0.1) is 11.9 Å². The number of nitrogens with one attached hydrogen (secondary N) is 1. The third-order valence-corrected chi connectivity index (χ3v) is 5.55. The van der Waals surface area contributed by atoms with Crippen LogP contribution in [-0.4, -0.2) is 24.1 Å². The molecule has 0 spiro atoms. The zero-order valence-electron chi connectivity index (χ0n) is 12.9. The van der Waals surface area contributed by atoms with Gasteiger partial charge in [0.2, 0.25) is 0 Å². The largest absolute Gasteiger partial charge is 0.381 e. The quantitative estimate of drug-likeness (QED) is 0.904. The second kappa shape index (κ2) is 5.86. The summed E-state index contributed by atoms with van der Waals surface area (Å²) in [6.07, 6.45) is 13.2. The Bertz CT molecular complexity index is 460. The Morgan fingerprint density at radius 3 is 2.52 bits per heavy atom. The molecule has 1 aliphatic heterocycles. The fourth-order valence-electron chi connectivity index (χ4n) is 4.19. The molecule has 0 amide bonds. The Labute approximate surface area is 128 Å². The van der Waals surface area contributed by atoms with E-state index in [1.165, 1.54) is 70.1 Å². The standard InChI is InChI=1S/C18H27N3/c1-2-11-21(10-1)18-9-8-17(13-19-18)20-16-5-3-4-15(12-16)14-6-7-14/h8-9,13-16,20H,1-7,10-12H2. The van der Waals surface area contributed by atoms with E-state index in [9.17, 15) is 0 Å². The molecule has 4 rings (SSSR count). The van der Waals surface area contributed by atoms with Crippen molar-refractivity contribution in [3.8, 4) is 0 Å². The van der Waals surface area contributed by atoms with E-state index in [1.807, 2.05) is 6.20 Å². The molecule has 3 heteroatoms. The lowest BCUT2D eigenvalue weighted by Gasteiger charge is -2.30. The molecule has 114 valence electrons. The minimum Gasteiger partial charge on any atom is -0.381 e. The van der Waals surface area contributed by atoms with Crippen LogP contribution >= 0.6 is 0 Å². The van der Waals surface area contributed by atoms with Gasteiger partial charge in [0, 0.05) is 19.1 Å². The van der Waals surface area contributed by atoms with E-state index in [2.05, 4.69) is 27.3 Å². The van der Waals surface area contributed by atoms with Crippen LogP contribution < -0.4 is 10.2 Å². The van der Waals surface area contributed by atoms with Crippen LogP contribution in [0.15, 0.2) is 18.3 Å². The summed E-state index contributed by atoms with van der Waals surface area (Å²) in [5.74, 6) is 3.20. The van der Waals surface area contributed by atoms with E-state index in [1.54, 1.807) is 0 Å². The molecule has 3 aliphatic rings. The van der Waals surface area contributed by atoms with Gasteiger partial charge in [-0.1, -0.05) is 12.8 Å². The van der Waals surface area contributed by atoms with Gasteiger partial charge in [0.1, 0.15) is 5.82 Å². The third kappa shape index (κ3) is 3.17. The van der Waals surface area contributed by atoms with Crippen molar-refractivity contribution in [3.05, 3.63) is 18.3 Å². The molecule has 2 aliphatic carbocycles. The Morgan fingerprint density at radius 2 is 1.81 bits per heavy atom. The SMILES string of the molecule is c1cc(N2CCCC2)ncc1NC1CCCC(C2CC2)C1. The molecule has 0 radical (unpaired) electrons. The summed E-state index contributed by atoms with van der Waals surface area (Å²) >= 11 is 0. The maximum absolute atomic E-state index is 4.66. The summed E-state index contributed by atoms with van der Waals surface area (Å²) in [6.45, 7) is 2.34. The molecule has 2 atom stereocenters. The maximum atomic E-state index is 4.66. The van der Waals surface area contributed by atoms with E-state index < -0.39 is 0 Å². The Balaban J connectivity index is 1.35. The highest BCUT2D eigenvalue weighted by atomic mass is 15.2. The van der Waals surface area contributed by atoms with Crippen molar-refractivity contribution in [1.82, 2.24) is 4.98 Å². The summed E-state index contributed by atoms with van der Waals surface area (Å²) in [7, 11) is 0. The molecule has 1 aromatic heterocycles. The van der Waals surface area contributed by atoms with Gasteiger partial charge >= 0.3 is 0 Å². The highest BCUT2D eigenvalue weighted by Crippen LogP contribution is 2.44. The second-order valence-electron chi connectivity index (χ2n) is 7.20. The second-order valence-corrected chi connectivity index (χ2v) is 7.20. The molecule has 1 N–H and O–H groups in total. The molecule has 1 saturated heterocycles. The van der Waals surface area contributed by atoms with Gasteiger partial charge in [-0.15, -0.1) is 0 Å². The predicted molar refractivity (Wildman–Crippen MR) is 87.8 cm³/mol. The molecule has 2 saturated carbocycles. The van der Waals surface area contributed by atoms with E-state index >= 15 is 0 Å². The van der Waals surface area contributed by atoms with Crippen molar-refractivity contribution in [2.75, 3.05) is 23.3 Å². The molecular formula is C18H27N3. The Morgan fingerprint density at radius 1 is 0.952 bits per heavy atom. The van der Waals surface area contributed by atoms with Gasteiger partial charge in [-0.2, -0.15) is 0 Å². The molecule has 0 aromatic carbocycles. The van der Waals surface area contributed by atoms with E-state index in [-0.39, 0.29) is 0 Å². The molecule has 3 fully saturated rings. The summed E-state index contributed by atoms with van der Waals surface area (Å²) in [5, 5.41) is 3.73. The summed E-state index contributed by atoms with van der Waals surface area (Å²) in [5.41, 5.74) is 1.21. The van der Waals surface area contributed by atoms with Crippen molar-refractivity contribution in [1.29, 1.82) is 0 Å². The van der Waals surface area contributed by atoms with E-state index in [0.29, 0.717) is 6.04 Å². The molecule has 21 heavy (non-hydrogen) atoms. The van der Waals surface area contributed by atoms with Crippen LogP contribution in [-0.2, 0) is 0 Å². The average molecular weight is 285 g/mol. The zero-order valence-corrected chi connectivity index (χ0v) is 12.9. The highest BCUT2D eigenvalue weighted by Gasteiger charge is 2.34. The highest BCUT2D eigenvalue weighted by molar-refractivity contribution is 5.49. The smallest absolute Gasteiger partial charge is 0.128 e. The minimum absolute atomic E-state index is 0.670. The number of rotatable bonds is 4. The summed E-state index contributed by atoms with van der Waals surface area (Å²) < 4.78 is 0. The minimum atomic E-state index is 0.670. The van der Waals surface area contributed by atoms with Gasteiger partial charge in [0.15, 0.2) is 0 Å². The lowest BCUT2D eigenvalue weighted by Crippen LogP contribution is -2.28. The van der Waals surface area contributed by atoms with Crippen LogP contribution in [0, 0.1) is 11.8 Å². The van der Waals surface area contributed by atoms with Crippen LogP contribution in [0.25, 0.3) is 0 Å². The first-order chi connectivity index (χ1) is 10.4. The van der Waals surface area contributed by atoms with Crippen molar-refractivity contribution >= 4 is 11.5 Å². The lowest BCUT2D eigenvalue weighted by atomic mass is 9.82. The molecular weight excluding hydrogens is 258 g/mol. The van der Waals surface area contributed by atoms with Crippen molar-refractivity contribution in [2.45, 2.75) is 57.4 Å². The number of hydrogen-bond donors (Lipinski definition) is 1. The first kappa shape index (κ1) is 13.4. The zero-order chi connectivity index (χ0) is 14.1. The normalized spacial score (nSPS) is 29.6. The lowest BCUT2D eigenvalue weighted by molar-refractivity contribution is 0.303. The van der Waals surface area contributed by atoms with Gasteiger partial charge in [-0.3, -0.25) is 0 Å². The maximum Gasteiger partial charge on any atom is 0.128 e. The van der Waals surface area contributed by atoms with Gasteiger partial charge < -0.3 is 10.2 Å². The number of aromatic nitrogens is 1. The molecule has 2 unspecified atom stereocenters. The van der Waals surface area contributed by atoms with Gasteiger partial charge in [-0.05, 0) is 62.5 Å². The molecule has 0 bridgehead atoms. The van der Waals surface area contributed by atoms with Crippen molar-refractivity contribution in [3.63, 3.8) is 0 Å². The first-order valence-corrected chi connectivity index (χ1v) is 8.86. The Kier molecular flexibility index (Phi) is 3.74. The topological polar surface area (TPSA) is 28.2 Å². The van der Waals surface area contributed by atoms with Crippen LogP contribution in [0.5, 0.6) is 0 Å². The Hall–Kier alpha value is -1.25. The van der Waals surface area contributed by atoms with Crippen LogP contribution in [0.4, 0.5) is 11.5 Å². The first-order valence-electron chi connectivity index (χ1n) is 8.86. The molecule has 2 heterocycles. The van der Waals surface area contributed by atoms with E-state index in [0.717, 1.165) is 17.7 Å². The van der Waals surface area contributed by atoms with Crippen LogP contribution in [0.2, 0.25) is 0 Å². The van der Waals surface area contributed by atoms with E-state index in [4.69, 9.17) is 0 Å². The summed E-state index contributed by atoms with van der Waals surface area (Å²) in [4.78, 5) is 7.05. The number of anilines is 2. The number of hydrogen-bond acceptors (Lipinski definition) is 3. The van der Waals surface area contributed by atoms with Crippen molar-refractivity contribution < 1.29 is 0 Å². The van der Waals surface area contributed by atoms with Crippen molar-refractivity contribution in [2.24, 2.45) is 11.8 Å². The predicted octanol–water partition coefficient (Wildman–Crippen LogP) is 4.06.